The van der Waals surface area contributed by atoms with E-state index in [1.807, 2.05) is 0 Å². The average Bonchev–Trinajstić information content (AvgIpc) is 3.17. The van der Waals surface area contributed by atoms with E-state index in [1.165, 1.54) is 82.1 Å². The minimum absolute atomic E-state index is 0.157. The lowest BCUT2D eigenvalue weighted by Gasteiger charge is -2.57. The summed E-state index contributed by atoms with van der Waals surface area (Å²) >= 11 is 1.33. The van der Waals surface area contributed by atoms with Crippen molar-refractivity contribution in [2.45, 2.75) is 76.3 Å². The predicted molar refractivity (Wildman–Crippen MR) is 113 cm³/mol. The second kappa shape index (κ2) is 7.94. The SMILES string of the molecule is Nc1ncc(C(=O)N2C[C@H]3C[C@@H](C2)[C@H](CC2CCCCC2)N2CCCC[C@@H]32)s1. The van der Waals surface area contributed by atoms with Gasteiger partial charge in [0.15, 0.2) is 5.13 Å². The molecule has 1 aromatic heterocycles. The summed E-state index contributed by atoms with van der Waals surface area (Å²) in [6, 6.07) is 1.38. The maximum Gasteiger partial charge on any atom is 0.265 e. The van der Waals surface area contributed by atoms with Gasteiger partial charge in [0.2, 0.25) is 0 Å². The Morgan fingerprint density at radius 2 is 1.89 bits per heavy atom. The van der Waals surface area contributed by atoms with Crippen molar-refractivity contribution < 1.29 is 4.79 Å². The van der Waals surface area contributed by atoms with Crippen molar-refractivity contribution in [3.05, 3.63) is 11.1 Å². The summed E-state index contributed by atoms with van der Waals surface area (Å²) in [6.45, 7) is 3.13. The van der Waals surface area contributed by atoms with Gasteiger partial charge < -0.3 is 10.6 Å². The van der Waals surface area contributed by atoms with Gasteiger partial charge in [-0.25, -0.2) is 4.98 Å². The molecule has 0 unspecified atom stereocenters. The number of rotatable bonds is 3. The Morgan fingerprint density at radius 1 is 1.11 bits per heavy atom. The van der Waals surface area contributed by atoms with E-state index < -0.39 is 0 Å². The number of carbonyl (C=O) groups excluding carboxylic acids is 1. The topological polar surface area (TPSA) is 62.5 Å². The molecule has 4 aliphatic rings. The van der Waals surface area contributed by atoms with Gasteiger partial charge in [-0.2, -0.15) is 0 Å². The molecule has 5 nitrogen and oxygen atoms in total. The number of aromatic nitrogens is 1. The second-order valence-corrected chi connectivity index (χ2v) is 10.7. The Bertz CT molecular complexity index is 700. The van der Waals surface area contributed by atoms with Crippen LogP contribution in [0.5, 0.6) is 0 Å². The minimum Gasteiger partial charge on any atom is -0.375 e. The number of nitrogens with zero attached hydrogens (tertiary/aromatic N) is 3. The fourth-order valence-corrected chi connectivity index (χ4v) is 7.36. The van der Waals surface area contributed by atoms with Crippen molar-refractivity contribution in [2.24, 2.45) is 17.8 Å². The zero-order chi connectivity index (χ0) is 19.1. The van der Waals surface area contributed by atoms with E-state index in [-0.39, 0.29) is 5.91 Å². The molecule has 3 saturated heterocycles. The second-order valence-electron chi connectivity index (χ2n) is 9.64. The van der Waals surface area contributed by atoms with Crippen LogP contribution in [0.15, 0.2) is 6.20 Å². The molecule has 5 rings (SSSR count). The first-order valence-electron chi connectivity index (χ1n) is 11.5. The summed E-state index contributed by atoms with van der Waals surface area (Å²) in [4.78, 5) is 23.0. The Balaban J connectivity index is 1.36. The van der Waals surface area contributed by atoms with Crippen molar-refractivity contribution in [3.63, 3.8) is 0 Å². The van der Waals surface area contributed by atoms with Crippen molar-refractivity contribution in [1.82, 2.24) is 14.8 Å². The maximum atomic E-state index is 13.1. The van der Waals surface area contributed by atoms with E-state index in [0.717, 1.165) is 19.0 Å². The number of likely N-dealkylation sites (tertiary alicyclic amines) is 1. The number of nitrogens with two attached hydrogens (primary N) is 1. The van der Waals surface area contributed by atoms with Gasteiger partial charge in [-0.1, -0.05) is 49.9 Å². The Labute approximate surface area is 172 Å². The van der Waals surface area contributed by atoms with Gasteiger partial charge in [0.25, 0.3) is 5.91 Å². The van der Waals surface area contributed by atoms with Crippen LogP contribution in [0.3, 0.4) is 0 Å². The van der Waals surface area contributed by atoms with Gasteiger partial charge in [-0.05, 0) is 50.0 Å². The molecule has 3 aliphatic heterocycles. The van der Waals surface area contributed by atoms with Crippen LogP contribution in [0.4, 0.5) is 5.13 Å². The molecule has 28 heavy (non-hydrogen) atoms. The fourth-order valence-electron chi connectivity index (χ4n) is 6.71. The van der Waals surface area contributed by atoms with Crippen LogP contribution in [0.25, 0.3) is 0 Å². The highest BCUT2D eigenvalue weighted by atomic mass is 32.1. The van der Waals surface area contributed by atoms with Crippen molar-refractivity contribution in [3.8, 4) is 0 Å². The fraction of sp³-hybridized carbons (Fsp3) is 0.818. The molecule has 0 spiro atoms. The van der Waals surface area contributed by atoms with E-state index in [2.05, 4.69) is 14.8 Å². The molecule has 1 aliphatic carbocycles. The Kier molecular flexibility index (Phi) is 5.35. The zero-order valence-electron chi connectivity index (χ0n) is 16.9. The quantitative estimate of drug-likeness (QED) is 0.830. The summed E-state index contributed by atoms with van der Waals surface area (Å²) in [5.41, 5.74) is 5.78. The number of nitrogen functional groups attached to an aromatic ring is 1. The lowest BCUT2D eigenvalue weighted by Crippen LogP contribution is -2.64. The third-order valence-electron chi connectivity index (χ3n) is 7.94. The molecule has 4 atom stereocenters. The number of thiazole rings is 1. The number of piperidine rings is 3. The lowest BCUT2D eigenvalue weighted by molar-refractivity contribution is -0.0724. The van der Waals surface area contributed by atoms with Crippen LogP contribution >= 0.6 is 11.3 Å². The summed E-state index contributed by atoms with van der Waals surface area (Å²) < 4.78 is 0. The molecule has 0 aromatic carbocycles. The van der Waals surface area contributed by atoms with Crippen LogP contribution in [0, 0.1) is 17.8 Å². The largest absolute Gasteiger partial charge is 0.375 e. The molecular formula is C22H34N4OS. The van der Waals surface area contributed by atoms with Crippen molar-refractivity contribution in [1.29, 1.82) is 0 Å². The number of carbonyl (C=O) groups is 1. The van der Waals surface area contributed by atoms with Crippen LogP contribution in [-0.4, -0.2) is 52.4 Å². The average molecular weight is 403 g/mol. The first kappa shape index (κ1) is 18.9. The van der Waals surface area contributed by atoms with E-state index >= 15 is 0 Å². The van der Waals surface area contributed by atoms with Crippen LogP contribution in [-0.2, 0) is 0 Å². The highest BCUT2D eigenvalue weighted by Gasteiger charge is 2.48. The lowest BCUT2D eigenvalue weighted by atomic mass is 9.69. The molecule has 2 bridgehead atoms. The van der Waals surface area contributed by atoms with Crippen molar-refractivity contribution >= 4 is 22.4 Å². The van der Waals surface area contributed by atoms with Gasteiger partial charge in [0.1, 0.15) is 4.88 Å². The van der Waals surface area contributed by atoms with E-state index in [1.54, 1.807) is 6.20 Å². The number of fused-ring (bicyclic) bond motifs is 4. The highest BCUT2D eigenvalue weighted by molar-refractivity contribution is 7.17. The van der Waals surface area contributed by atoms with Crippen molar-refractivity contribution in [2.75, 3.05) is 25.4 Å². The summed E-state index contributed by atoms with van der Waals surface area (Å²) in [7, 11) is 0. The maximum absolute atomic E-state index is 13.1. The molecule has 1 saturated carbocycles. The third kappa shape index (κ3) is 3.58. The molecule has 4 fully saturated rings. The molecule has 1 amide bonds. The van der Waals surface area contributed by atoms with Crippen LogP contribution < -0.4 is 5.73 Å². The number of amides is 1. The molecule has 2 N–H and O–H groups in total. The summed E-state index contributed by atoms with van der Waals surface area (Å²) in [5, 5.41) is 0.495. The minimum atomic E-state index is 0.157. The molecule has 6 heteroatoms. The summed E-state index contributed by atoms with van der Waals surface area (Å²) in [6.07, 6.45) is 15.5. The normalized spacial score (nSPS) is 34.2. The Hall–Kier alpha value is -1.14. The smallest absolute Gasteiger partial charge is 0.265 e. The van der Waals surface area contributed by atoms with Gasteiger partial charge in [-0.3, -0.25) is 9.69 Å². The molecule has 4 heterocycles. The Morgan fingerprint density at radius 3 is 2.68 bits per heavy atom. The van der Waals surface area contributed by atoms with Crippen LogP contribution in [0.1, 0.15) is 73.9 Å². The van der Waals surface area contributed by atoms with E-state index in [9.17, 15) is 4.79 Å². The predicted octanol–water partition coefficient (Wildman–Crippen LogP) is 4.01. The van der Waals surface area contributed by atoms with E-state index in [4.69, 9.17) is 5.73 Å². The molecular weight excluding hydrogens is 368 g/mol. The van der Waals surface area contributed by atoms with Crippen LogP contribution in [0.2, 0.25) is 0 Å². The highest BCUT2D eigenvalue weighted by Crippen LogP contribution is 2.44. The first-order valence-corrected chi connectivity index (χ1v) is 12.3. The third-order valence-corrected chi connectivity index (χ3v) is 8.76. The summed E-state index contributed by atoms with van der Waals surface area (Å²) in [5.74, 6) is 2.36. The van der Waals surface area contributed by atoms with Gasteiger partial charge in [-0.15, -0.1) is 0 Å². The van der Waals surface area contributed by atoms with E-state index in [0.29, 0.717) is 33.9 Å². The standard InChI is InChI=1S/C22H34N4OS/c23-22-24-12-20(28-22)21(27)25-13-16-11-17(14-25)19(10-15-6-2-1-3-7-15)26-9-5-4-8-18(16)26/h12,15-19H,1-11,13-14H2,(H2,23,24)/t16-,17+,18+,19+/m1/s1. The molecule has 0 radical (unpaired) electrons. The zero-order valence-corrected chi connectivity index (χ0v) is 17.7. The van der Waals surface area contributed by atoms with Gasteiger partial charge >= 0.3 is 0 Å². The first-order chi connectivity index (χ1) is 13.7. The number of hydrogen-bond acceptors (Lipinski definition) is 5. The monoisotopic (exact) mass is 402 g/mol. The van der Waals surface area contributed by atoms with Gasteiger partial charge in [0, 0.05) is 25.2 Å². The molecule has 154 valence electrons. The molecule has 1 aromatic rings. The van der Waals surface area contributed by atoms with Gasteiger partial charge in [0.05, 0.1) is 6.20 Å². The number of hydrogen-bond donors (Lipinski definition) is 1. The number of anilines is 1.